The third-order valence-electron chi connectivity index (χ3n) is 2.59. The molecule has 4 nitrogen and oxygen atoms in total. The number of hydrogen-bond donors (Lipinski definition) is 1. The molecule has 4 heteroatoms. The second kappa shape index (κ2) is 4.33. The Morgan fingerprint density at radius 3 is 2.53 bits per heavy atom. The molecule has 0 fully saturated rings. The molecular weight excluding hydrogens is 216 g/mol. The first-order valence-corrected chi connectivity index (χ1v) is 5.28. The Bertz CT molecular complexity index is 544. The molecule has 2 aromatic rings. The van der Waals surface area contributed by atoms with E-state index in [1.54, 1.807) is 22.9 Å². The van der Waals surface area contributed by atoms with Crippen molar-refractivity contribution >= 4 is 11.7 Å². The van der Waals surface area contributed by atoms with Crippen LogP contribution in [0.25, 0.3) is 5.69 Å². The average Bonchev–Trinajstić information content (AvgIpc) is 2.77. The Morgan fingerprint density at radius 1 is 1.18 bits per heavy atom. The third-order valence-corrected chi connectivity index (χ3v) is 2.59. The highest BCUT2D eigenvalue weighted by Gasteiger charge is 2.13. The molecule has 2 rings (SSSR count). The number of para-hydroxylation sites is 2. The predicted molar refractivity (Wildman–Crippen MR) is 67.1 cm³/mol. The Labute approximate surface area is 99.7 Å². The van der Waals surface area contributed by atoms with Crippen molar-refractivity contribution in [1.29, 1.82) is 0 Å². The van der Waals surface area contributed by atoms with Crippen molar-refractivity contribution in [1.82, 2.24) is 4.57 Å². The lowest BCUT2D eigenvalue weighted by Crippen LogP contribution is -2.14. The van der Waals surface area contributed by atoms with Gasteiger partial charge in [0.1, 0.15) is 5.69 Å². The topological polar surface area (TPSA) is 45.5 Å². The minimum Gasteiger partial charge on any atom is -0.477 e. The van der Waals surface area contributed by atoms with E-state index >= 15 is 0 Å². The van der Waals surface area contributed by atoms with E-state index in [4.69, 9.17) is 5.11 Å². The molecule has 0 radical (unpaired) electrons. The number of aromatic carboxylic acids is 1. The van der Waals surface area contributed by atoms with Gasteiger partial charge in [0.25, 0.3) is 0 Å². The molecule has 0 saturated heterocycles. The summed E-state index contributed by atoms with van der Waals surface area (Å²) in [5.41, 5.74) is 2.10. The van der Waals surface area contributed by atoms with Crippen molar-refractivity contribution in [3.05, 3.63) is 48.3 Å². The molecule has 0 aliphatic heterocycles. The van der Waals surface area contributed by atoms with Gasteiger partial charge < -0.3 is 14.6 Å². The van der Waals surface area contributed by atoms with Crippen LogP contribution >= 0.6 is 0 Å². The van der Waals surface area contributed by atoms with Gasteiger partial charge in [-0.05, 0) is 24.3 Å². The molecule has 0 bridgehead atoms. The van der Waals surface area contributed by atoms with Crippen LogP contribution in [0.3, 0.4) is 0 Å². The summed E-state index contributed by atoms with van der Waals surface area (Å²) in [6.45, 7) is 0. The Kier molecular flexibility index (Phi) is 2.87. The maximum Gasteiger partial charge on any atom is 0.352 e. The summed E-state index contributed by atoms with van der Waals surface area (Å²) >= 11 is 0. The van der Waals surface area contributed by atoms with Crippen molar-refractivity contribution in [3.63, 3.8) is 0 Å². The van der Waals surface area contributed by atoms with E-state index in [1.165, 1.54) is 0 Å². The quantitative estimate of drug-likeness (QED) is 0.879. The van der Waals surface area contributed by atoms with Crippen molar-refractivity contribution in [3.8, 4) is 5.69 Å². The van der Waals surface area contributed by atoms with Gasteiger partial charge in [0, 0.05) is 20.3 Å². The van der Waals surface area contributed by atoms with Crippen LogP contribution in [0.1, 0.15) is 10.5 Å². The zero-order valence-electron chi connectivity index (χ0n) is 9.79. The van der Waals surface area contributed by atoms with Crippen molar-refractivity contribution in [2.24, 2.45) is 0 Å². The first kappa shape index (κ1) is 11.3. The smallest absolute Gasteiger partial charge is 0.352 e. The van der Waals surface area contributed by atoms with Gasteiger partial charge >= 0.3 is 5.97 Å². The van der Waals surface area contributed by atoms with Gasteiger partial charge in [0.05, 0.1) is 11.4 Å². The second-order valence-corrected chi connectivity index (χ2v) is 3.95. The summed E-state index contributed by atoms with van der Waals surface area (Å²) in [6, 6.07) is 11.0. The summed E-state index contributed by atoms with van der Waals surface area (Å²) in [7, 11) is 3.87. The van der Waals surface area contributed by atoms with Crippen LogP contribution in [-0.4, -0.2) is 29.7 Å². The van der Waals surface area contributed by atoms with Gasteiger partial charge in [-0.2, -0.15) is 0 Å². The fraction of sp³-hybridized carbons (Fsp3) is 0.154. The molecule has 0 aliphatic rings. The molecule has 0 atom stereocenters. The number of carboxylic acids is 1. The number of carbonyl (C=O) groups is 1. The summed E-state index contributed by atoms with van der Waals surface area (Å²) < 4.78 is 1.68. The largest absolute Gasteiger partial charge is 0.477 e. The van der Waals surface area contributed by atoms with E-state index in [0.717, 1.165) is 11.4 Å². The summed E-state index contributed by atoms with van der Waals surface area (Å²) in [6.07, 6.45) is 1.76. The van der Waals surface area contributed by atoms with Crippen LogP contribution in [0.5, 0.6) is 0 Å². The maximum absolute atomic E-state index is 11.1. The number of aromatic nitrogens is 1. The Hall–Kier alpha value is -2.23. The van der Waals surface area contributed by atoms with Gasteiger partial charge in [0.15, 0.2) is 0 Å². The lowest BCUT2D eigenvalue weighted by molar-refractivity contribution is 0.0688. The number of nitrogens with zero attached hydrogens (tertiary/aromatic N) is 2. The van der Waals surface area contributed by atoms with Crippen molar-refractivity contribution in [2.45, 2.75) is 0 Å². The Balaban J connectivity index is 2.60. The van der Waals surface area contributed by atoms with Gasteiger partial charge in [-0.1, -0.05) is 12.1 Å². The van der Waals surface area contributed by atoms with Crippen LogP contribution in [0, 0.1) is 0 Å². The normalized spacial score (nSPS) is 10.2. The van der Waals surface area contributed by atoms with Crippen molar-refractivity contribution in [2.75, 3.05) is 19.0 Å². The fourth-order valence-electron chi connectivity index (χ4n) is 1.81. The number of anilines is 1. The standard InChI is InChI=1S/C13H14N2O2/c1-14(2)10-6-3-4-7-11(10)15-9-5-8-12(15)13(16)17/h3-9H,1-2H3,(H,16,17). The highest BCUT2D eigenvalue weighted by atomic mass is 16.4. The molecule has 0 amide bonds. The molecule has 0 aliphatic carbocycles. The monoisotopic (exact) mass is 230 g/mol. The van der Waals surface area contributed by atoms with Crippen molar-refractivity contribution < 1.29 is 9.90 Å². The fourth-order valence-corrected chi connectivity index (χ4v) is 1.81. The zero-order chi connectivity index (χ0) is 12.4. The molecular formula is C13H14N2O2. The van der Waals surface area contributed by atoms with E-state index in [2.05, 4.69) is 0 Å². The van der Waals surface area contributed by atoms with E-state index in [9.17, 15) is 4.79 Å². The van der Waals surface area contributed by atoms with E-state index in [1.807, 2.05) is 43.3 Å². The van der Waals surface area contributed by atoms with E-state index in [0.29, 0.717) is 0 Å². The molecule has 1 heterocycles. The second-order valence-electron chi connectivity index (χ2n) is 3.95. The first-order valence-electron chi connectivity index (χ1n) is 5.28. The minimum absolute atomic E-state index is 0.263. The summed E-state index contributed by atoms with van der Waals surface area (Å²) in [5, 5.41) is 9.11. The maximum atomic E-state index is 11.1. The van der Waals surface area contributed by atoms with Crippen LogP contribution < -0.4 is 4.90 Å². The molecule has 0 spiro atoms. The number of hydrogen-bond acceptors (Lipinski definition) is 2. The van der Waals surface area contributed by atoms with Gasteiger partial charge in [-0.3, -0.25) is 0 Å². The average molecular weight is 230 g/mol. The zero-order valence-corrected chi connectivity index (χ0v) is 9.79. The molecule has 1 aromatic heterocycles. The molecule has 1 aromatic carbocycles. The predicted octanol–water partition coefficient (Wildman–Crippen LogP) is 2.24. The van der Waals surface area contributed by atoms with Gasteiger partial charge in [-0.25, -0.2) is 4.79 Å². The van der Waals surface area contributed by atoms with Crippen LogP contribution in [0.2, 0.25) is 0 Å². The molecule has 88 valence electrons. The highest BCUT2D eigenvalue weighted by molar-refractivity contribution is 5.87. The lowest BCUT2D eigenvalue weighted by atomic mass is 10.2. The summed E-state index contributed by atoms with van der Waals surface area (Å²) in [5.74, 6) is -0.927. The van der Waals surface area contributed by atoms with Gasteiger partial charge in [-0.15, -0.1) is 0 Å². The molecule has 0 unspecified atom stereocenters. The van der Waals surface area contributed by atoms with E-state index < -0.39 is 5.97 Å². The molecule has 17 heavy (non-hydrogen) atoms. The first-order chi connectivity index (χ1) is 8.11. The highest BCUT2D eigenvalue weighted by Crippen LogP contribution is 2.24. The Morgan fingerprint density at radius 2 is 1.88 bits per heavy atom. The molecule has 1 N–H and O–H groups in total. The van der Waals surface area contributed by atoms with E-state index in [-0.39, 0.29) is 5.69 Å². The summed E-state index contributed by atoms with van der Waals surface area (Å²) in [4.78, 5) is 13.1. The number of rotatable bonds is 3. The third kappa shape index (κ3) is 2.01. The number of carboxylic acid groups (broad SMARTS) is 1. The molecule has 0 saturated carbocycles. The van der Waals surface area contributed by atoms with Crippen LogP contribution in [-0.2, 0) is 0 Å². The minimum atomic E-state index is -0.927. The lowest BCUT2D eigenvalue weighted by Gasteiger charge is -2.18. The van der Waals surface area contributed by atoms with Crippen LogP contribution in [0.4, 0.5) is 5.69 Å². The SMILES string of the molecule is CN(C)c1ccccc1-n1cccc1C(=O)O. The number of benzene rings is 1. The van der Waals surface area contributed by atoms with Gasteiger partial charge in [0.2, 0.25) is 0 Å². The van der Waals surface area contributed by atoms with Crippen LogP contribution in [0.15, 0.2) is 42.6 Å².